The second kappa shape index (κ2) is 4.56. The van der Waals surface area contributed by atoms with Crippen LogP contribution in [0.15, 0.2) is 24.3 Å². The summed E-state index contributed by atoms with van der Waals surface area (Å²) in [5.74, 6) is 0.510. The van der Waals surface area contributed by atoms with Crippen molar-refractivity contribution in [3.63, 3.8) is 0 Å². The smallest absolute Gasteiger partial charge is 0.226 e. The summed E-state index contributed by atoms with van der Waals surface area (Å²) < 4.78 is 0. The number of rotatable bonds is 2. The quantitative estimate of drug-likeness (QED) is 0.889. The van der Waals surface area contributed by atoms with Crippen LogP contribution in [0.1, 0.15) is 24.3 Å². The van der Waals surface area contributed by atoms with Crippen molar-refractivity contribution >= 4 is 17.5 Å². The lowest BCUT2D eigenvalue weighted by Gasteiger charge is -2.15. The minimum atomic E-state index is -0.341. The van der Waals surface area contributed by atoms with Gasteiger partial charge in [-0.15, -0.1) is 0 Å². The number of hydrogen-bond donors (Lipinski definition) is 1. The molecule has 1 N–H and O–H groups in total. The van der Waals surface area contributed by atoms with Crippen molar-refractivity contribution in [1.29, 1.82) is 0 Å². The largest absolute Gasteiger partial charge is 0.391 e. The van der Waals surface area contributed by atoms with E-state index >= 15 is 0 Å². The van der Waals surface area contributed by atoms with Gasteiger partial charge in [0.1, 0.15) is 0 Å². The lowest BCUT2D eigenvalue weighted by molar-refractivity contribution is -0.131. The molecule has 1 aliphatic heterocycles. The molecule has 18 heavy (non-hydrogen) atoms. The van der Waals surface area contributed by atoms with Gasteiger partial charge in [0.15, 0.2) is 0 Å². The van der Waals surface area contributed by atoms with Gasteiger partial charge in [0, 0.05) is 24.0 Å². The highest BCUT2D eigenvalue weighted by Gasteiger charge is 2.47. The Morgan fingerprint density at radius 1 is 1.39 bits per heavy atom. The predicted octanol–water partition coefficient (Wildman–Crippen LogP) is 2.04. The van der Waals surface area contributed by atoms with Crippen LogP contribution in [0.2, 0.25) is 5.02 Å². The second-order valence-electron chi connectivity index (χ2n) is 5.20. The molecule has 0 spiro atoms. The van der Waals surface area contributed by atoms with E-state index in [0.717, 1.165) is 17.0 Å². The molecular formula is C14H16ClNO2. The summed E-state index contributed by atoms with van der Waals surface area (Å²) in [6, 6.07) is 7.73. The molecule has 1 aromatic carbocycles. The van der Waals surface area contributed by atoms with Crippen LogP contribution in [0.5, 0.6) is 0 Å². The molecule has 0 bridgehead atoms. The Morgan fingerprint density at radius 2 is 2.17 bits per heavy atom. The van der Waals surface area contributed by atoms with Gasteiger partial charge < -0.3 is 10.0 Å². The summed E-state index contributed by atoms with van der Waals surface area (Å²) >= 11 is 6.15. The first-order valence-electron chi connectivity index (χ1n) is 6.38. The first kappa shape index (κ1) is 12.0. The van der Waals surface area contributed by atoms with Crippen molar-refractivity contribution < 1.29 is 9.90 Å². The average Bonchev–Trinajstić information content (AvgIpc) is 3.03. The molecule has 96 valence electrons. The SMILES string of the molecule is O=C(C1CC1c1ccccc1Cl)N1CC[C@@H](O)C1. The number of carbonyl (C=O) groups excluding carboxylic acids is 1. The number of aliphatic hydroxyl groups excluding tert-OH is 1. The van der Waals surface area contributed by atoms with Crippen molar-refractivity contribution in [1.82, 2.24) is 4.90 Å². The Hall–Kier alpha value is -1.06. The van der Waals surface area contributed by atoms with Crippen molar-refractivity contribution in [2.75, 3.05) is 13.1 Å². The Balaban J connectivity index is 1.67. The number of β-amino-alcohol motifs (C(OH)–C–C–N with tert-alkyl or cyclic N) is 1. The molecule has 0 aromatic heterocycles. The summed E-state index contributed by atoms with van der Waals surface area (Å²) in [6.07, 6.45) is 1.25. The van der Waals surface area contributed by atoms with Gasteiger partial charge in [-0.1, -0.05) is 29.8 Å². The van der Waals surface area contributed by atoms with E-state index in [2.05, 4.69) is 0 Å². The molecule has 1 aliphatic carbocycles. The number of aliphatic hydroxyl groups is 1. The van der Waals surface area contributed by atoms with Gasteiger partial charge >= 0.3 is 0 Å². The van der Waals surface area contributed by atoms with E-state index in [0.29, 0.717) is 19.5 Å². The number of hydrogen-bond acceptors (Lipinski definition) is 2. The van der Waals surface area contributed by atoms with Crippen molar-refractivity contribution in [2.45, 2.75) is 24.9 Å². The first-order valence-corrected chi connectivity index (χ1v) is 6.76. The number of amides is 1. The molecule has 3 rings (SSSR count). The Kier molecular flexibility index (Phi) is 3.04. The fraction of sp³-hybridized carbons (Fsp3) is 0.500. The molecular weight excluding hydrogens is 250 g/mol. The highest BCUT2D eigenvalue weighted by atomic mass is 35.5. The molecule has 3 atom stereocenters. The number of benzene rings is 1. The Bertz CT molecular complexity index is 477. The molecule has 1 saturated carbocycles. The number of halogens is 1. The van der Waals surface area contributed by atoms with Crippen LogP contribution in [0.3, 0.4) is 0 Å². The minimum Gasteiger partial charge on any atom is -0.391 e. The third-order valence-electron chi connectivity index (χ3n) is 3.89. The Labute approximate surface area is 111 Å². The summed E-state index contributed by atoms with van der Waals surface area (Å²) in [5.41, 5.74) is 1.08. The van der Waals surface area contributed by atoms with Crippen LogP contribution in [-0.2, 0) is 4.79 Å². The molecule has 2 aliphatic rings. The van der Waals surface area contributed by atoms with Crippen molar-refractivity contribution in [2.24, 2.45) is 5.92 Å². The molecule has 1 heterocycles. The molecule has 3 nitrogen and oxygen atoms in total. The highest BCUT2D eigenvalue weighted by Crippen LogP contribution is 2.50. The highest BCUT2D eigenvalue weighted by molar-refractivity contribution is 6.31. The molecule has 2 fully saturated rings. The van der Waals surface area contributed by atoms with Gasteiger partial charge in [-0.3, -0.25) is 4.79 Å². The van der Waals surface area contributed by atoms with E-state index in [-0.39, 0.29) is 23.8 Å². The monoisotopic (exact) mass is 265 g/mol. The lowest BCUT2D eigenvalue weighted by Crippen LogP contribution is -2.31. The maximum absolute atomic E-state index is 12.2. The van der Waals surface area contributed by atoms with Crippen LogP contribution in [-0.4, -0.2) is 35.1 Å². The molecule has 1 saturated heterocycles. The summed E-state index contributed by atoms with van der Waals surface area (Å²) in [4.78, 5) is 14.0. The molecule has 0 radical (unpaired) electrons. The number of carbonyl (C=O) groups is 1. The zero-order chi connectivity index (χ0) is 12.7. The number of nitrogens with zero attached hydrogens (tertiary/aromatic N) is 1. The Morgan fingerprint density at radius 3 is 2.83 bits per heavy atom. The molecule has 2 unspecified atom stereocenters. The van der Waals surface area contributed by atoms with E-state index in [1.807, 2.05) is 24.3 Å². The van der Waals surface area contributed by atoms with Gasteiger partial charge in [0.25, 0.3) is 0 Å². The van der Waals surface area contributed by atoms with E-state index in [1.165, 1.54) is 0 Å². The maximum Gasteiger partial charge on any atom is 0.226 e. The molecule has 1 amide bonds. The predicted molar refractivity (Wildman–Crippen MR) is 69.5 cm³/mol. The van der Waals surface area contributed by atoms with Crippen LogP contribution in [0.25, 0.3) is 0 Å². The lowest BCUT2D eigenvalue weighted by atomic mass is 10.1. The van der Waals surface area contributed by atoms with E-state index in [1.54, 1.807) is 4.90 Å². The fourth-order valence-corrected chi connectivity index (χ4v) is 3.04. The molecule has 4 heteroatoms. The van der Waals surface area contributed by atoms with Gasteiger partial charge in [-0.2, -0.15) is 0 Å². The summed E-state index contributed by atoms with van der Waals surface area (Å²) in [5, 5.41) is 10.2. The second-order valence-corrected chi connectivity index (χ2v) is 5.60. The van der Waals surface area contributed by atoms with E-state index < -0.39 is 0 Å². The van der Waals surface area contributed by atoms with Crippen molar-refractivity contribution in [3.8, 4) is 0 Å². The molecule has 1 aromatic rings. The zero-order valence-corrected chi connectivity index (χ0v) is 10.8. The van der Waals surface area contributed by atoms with Gasteiger partial charge in [0.05, 0.1) is 6.10 Å². The average molecular weight is 266 g/mol. The summed E-state index contributed by atoms with van der Waals surface area (Å²) in [7, 11) is 0. The van der Waals surface area contributed by atoms with Gasteiger partial charge in [-0.25, -0.2) is 0 Å². The van der Waals surface area contributed by atoms with E-state index in [4.69, 9.17) is 11.6 Å². The third-order valence-corrected chi connectivity index (χ3v) is 4.23. The van der Waals surface area contributed by atoms with Crippen LogP contribution in [0, 0.1) is 5.92 Å². The zero-order valence-electron chi connectivity index (χ0n) is 10.1. The summed E-state index contributed by atoms with van der Waals surface area (Å²) in [6.45, 7) is 1.18. The third kappa shape index (κ3) is 2.13. The van der Waals surface area contributed by atoms with Crippen LogP contribution >= 0.6 is 11.6 Å². The van der Waals surface area contributed by atoms with Gasteiger partial charge in [0.2, 0.25) is 5.91 Å². The standard InChI is InChI=1S/C14H16ClNO2/c15-13-4-2-1-3-10(13)11-7-12(11)14(18)16-6-5-9(17)8-16/h1-4,9,11-12,17H,5-8H2/t9-,11?,12?/m1/s1. The normalized spacial score (nSPS) is 30.6. The minimum absolute atomic E-state index is 0.0650. The topological polar surface area (TPSA) is 40.5 Å². The van der Waals surface area contributed by atoms with E-state index in [9.17, 15) is 9.90 Å². The van der Waals surface area contributed by atoms with Crippen LogP contribution in [0.4, 0.5) is 0 Å². The van der Waals surface area contributed by atoms with Gasteiger partial charge in [-0.05, 0) is 30.4 Å². The fourth-order valence-electron chi connectivity index (χ4n) is 2.76. The number of likely N-dealkylation sites (tertiary alicyclic amines) is 1. The first-order chi connectivity index (χ1) is 8.66. The van der Waals surface area contributed by atoms with Crippen molar-refractivity contribution in [3.05, 3.63) is 34.9 Å². The van der Waals surface area contributed by atoms with Crippen LogP contribution < -0.4 is 0 Å². The maximum atomic E-state index is 12.2.